The molecule has 0 spiro atoms. The molecule has 1 amide bonds. The first-order valence-electron chi connectivity index (χ1n) is 7.87. The van der Waals surface area contributed by atoms with E-state index in [1.807, 2.05) is 0 Å². The van der Waals surface area contributed by atoms with Crippen LogP contribution in [0.2, 0.25) is 0 Å². The van der Waals surface area contributed by atoms with Crippen LogP contribution in [0.3, 0.4) is 0 Å². The van der Waals surface area contributed by atoms with Crippen LogP contribution in [0.1, 0.15) is 30.5 Å². The Bertz CT molecular complexity index is 845. The van der Waals surface area contributed by atoms with Gasteiger partial charge in [-0.05, 0) is 61.7 Å². The first-order valence-corrected chi connectivity index (χ1v) is 9.48. The average Bonchev–Trinajstić information content (AvgIpc) is 2.49. The highest BCUT2D eigenvalue weighted by Crippen LogP contribution is 2.38. The quantitative estimate of drug-likeness (QED) is 0.609. The summed E-state index contributed by atoms with van der Waals surface area (Å²) in [6.45, 7) is 6.30. The van der Waals surface area contributed by atoms with Crippen LogP contribution in [-0.4, -0.2) is 14.7 Å². The minimum Gasteiger partial charge on any atom is -0.755 e. The van der Waals surface area contributed by atoms with Gasteiger partial charge in [-0.15, -0.1) is 0 Å². The number of amides is 1. The number of carbonyl (C=O) groups is 1. The van der Waals surface area contributed by atoms with Crippen LogP contribution in [0.5, 0.6) is 0 Å². The molecule has 0 bridgehead atoms. The van der Waals surface area contributed by atoms with E-state index >= 15 is 0 Å². The topological polar surface area (TPSA) is 72.5 Å². The lowest BCUT2D eigenvalue weighted by atomic mass is 10.1. The summed E-state index contributed by atoms with van der Waals surface area (Å²) in [4.78, 5) is 11.3. The second kappa shape index (κ2) is 7.82. The van der Waals surface area contributed by atoms with Crippen LogP contribution in [0.25, 0.3) is 0 Å². The Labute approximate surface area is 157 Å². The summed E-state index contributed by atoms with van der Waals surface area (Å²) in [6.07, 6.45) is 0. The molecule has 8 heteroatoms. The summed E-state index contributed by atoms with van der Waals surface area (Å²) in [5.74, 6) is -0.212. The molecule has 0 aliphatic rings. The maximum absolute atomic E-state index is 14.3. The third kappa shape index (κ3) is 4.67. The van der Waals surface area contributed by atoms with E-state index in [0.717, 1.165) is 4.31 Å². The fourth-order valence-electron chi connectivity index (χ4n) is 2.78. The van der Waals surface area contributed by atoms with Gasteiger partial charge in [-0.1, -0.05) is 21.4 Å². The van der Waals surface area contributed by atoms with Crippen molar-refractivity contribution in [2.24, 2.45) is 0 Å². The van der Waals surface area contributed by atoms with Crippen molar-refractivity contribution in [1.29, 1.82) is 0 Å². The highest BCUT2D eigenvalue weighted by atomic mass is 32.2. The normalized spacial score (nSPS) is 14.4. The van der Waals surface area contributed by atoms with E-state index in [1.165, 1.54) is 19.9 Å². The second-order valence-corrected chi connectivity index (χ2v) is 8.16. The summed E-state index contributed by atoms with van der Waals surface area (Å²) in [5.41, 5.74) is 3.06. The molecule has 0 aliphatic heterocycles. The Kier molecular flexibility index (Phi) is 6.17. The molecular formula is C18H21FN2O3PS-. The van der Waals surface area contributed by atoms with E-state index in [2.05, 4.69) is 14.6 Å². The number of hydrogen-bond donors (Lipinski definition) is 1. The average molecular weight is 395 g/mol. The molecule has 2 rings (SSSR count). The molecule has 3 unspecified atom stereocenters. The maximum Gasteiger partial charge on any atom is 0.221 e. The van der Waals surface area contributed by atoms with Crippen molar-refractivity contribution < 1.29 is 17.9 Å². The number of benzene rings is 2. The van der Waals surface area contributed by atoms with Crippen LogP contribution >= 0.6 is 9.24 Å². The molecule has 2 aromatic carbocycles. The molecule has 2 aromatic rings. The maximum atomic E-state index is 14.3. The SMILES string of the molecule is CC(=O)Nc1cc(C)c(N(c2cccc(C(C)(F)P)c2)S(=O)[O-])c(C)c1. The molecule has 140 valence electrons. The highest BCUT2D eigenvalue weighted by Gasteiger charge is 2.22. The number of rotatable bonds is 5. The number of nitrogens with zero attached hydrogens (tertiary/aromatic N) is 1. The predicted molar refractivity (Wildman–Crippen MR) is 106 cm³/mol. The molecule has 0 heterocycles. The van der Waals surface area contributed by atoms with E-state index in [0.29, 0.717) is 33.8 Å². The number of anilines is 3. The molecule has 0 aliphatic carbocycles. The van der Waals surface area contributed by atoms with Crippen molar-refractivity contribution >= 4 is 43.5 Å². The number of hydrogen-bond acceptors (Lipinski definition) is 3. The highest BCUT2D eigenvalue weighted by molar-refractivity contribution is 7.81. The fraction of sp³-hybridized carbons (Fsp3) is 0.278. The van der Waals surface area contributed by atoms with Gasteiger partial charge in [0.25, 0.3) is 0 Å². The van der Waals surface area contributed by atoms with E-state index in [1.54, 1.807) is 44.2 Å². The van der Waals surface area contributed by atoms with Gasteiger partial charge in [0.1, 0.15) is 5.41 Å². The molecule has 26 heavy (non-hydrogen) atoms. The van der Waals surface area contributed by atoms with Gasteiger partial charge in [0.05, 0.1) is 22.6 Å². The zero-order valence-electron chi connectivity index (χ0n) is 15.0. The number of aryl methyl sites for hydroxylation is 2. The fourth-order valence-corrected chi connectivity index (χ4v) is 3.68. The van der Waals surface area contributed by atoms with Gasteiger partial charge in [-0.2, -0.15) is 0 Å². The van der Waals surface area contributed by atoms with E-state index < -0.39 is 16.7 Å². The van der Waals surface area contributed by atoms with Crippen molar-refractivity contribution in [1.82, 2.24) is 0 Å². The molecule has 0 saturated carbocycles. The van der Waals surface area contributed by atoms with E-state index in [9.17, 15) is 17.9 Å². The lowest BCUT2D eigenvalue weighted by Gasteiger charge is -2.30. The lowest BCUT2D eigenvalue weighted by Crippen LogP contribution is -2.22. The summed E-state index contributed by atoms with van der Waals surface area (Å²) < 4.78 is 39.3. The molecule has 0 saturated heterocycles. The summed E-state index contributed by atoms with van der Waals surface area (Å²) >= 11 is -2.61. The Balaban J connectivity index is 2.59. The molecular weight excluding hydrogens is 374 g/mol. The first kappa shape index (κ1) is 20.5. The second-order valence-electron chi connectivity index (χ2n) is 6.28. The Morgan fingerprint density at radius 3 is 2.31 bits per heavy atom. The monoisotopic (exact) mass is 395 g/mol. The van der Waals surface area contributed by atoms with Crippen LogP contribution < -0.4 is 9.62 Å². The van der Waals surface area contributed by atoms with Gasteiger partial charge in [0.2, 0.25) is 5.91 Å². The number of alkyl halides is 1. The molecule has 0 radical (unpaired) electrons. The zero-order chi connectivity index (χ0) is 19.6. The Morgan fingerprint density at radius 1 is 1.27 bits per heavy atom. The van der Waals surface area contributed by atoms with Crippen molar-refractivity contribution in [3.8, 4) is 0 Å². The molecule has 0 fully saturated rings. The van der Waals surface area contributed by atoms with Crippen molar-refractivity contribution in [3.63, 3.8) is 0 Å². The number of carbonyl (C=O) groups excluding carboxylic acids is 1. The van der Waals surface area contributed by atoms with Crippen LogP contribution in [0, 0.1) is 13.8 Å². The van der Waals surface area contributed by atoms with Gasteiger partial charge < -0.3 is 9.87 Å². The number of nitrogens with one attached hydrogen (secondary N) is 1. The molecule has 5 nitrogen and oxygen atoms in total. The van der Waals surface area contributed by atoms with Crippen LogP contribution in [0.4, 0.5) is 21.5 Å². The molecule has 0 aromatic heterocycles. The Hall–Kier alpha value is -1.82. The summed E-state index contributed by atoms with van der Waals surface area (Å²) in [6, 6.07) is 9.72. The van der Waals surface area contributed by atoms with Gasteiger partial charge in [0, 0.05) is 12.6 Å². The third-order valence-electron chi connectivity index (χ3n) is 3.81. The van der Waals surface area contributed by atoms with Crippen molar-refractivity contribution in [2.45, 2.75) is 33.1 Å². The number of halogens is 1. The minimum absolute atomic E-state index is 0.212. The van der Waals surface area contributed by atoms with E-state index in [-0.39, 0.29) is 5.91 Å². The van der Waals surface area contributed by atoms with Gasteiger partial charge in [-0.25, -0.2) is 4.39 Å². The first-order chi connectivity index (χ1) is 12.0. The predicted octanol–water partition coefficient (Wildman–Crippen LogP) is 4.21. The van der Waals surface area contributed by atoms with Crippen molar-refractivity contribution in [3.05, 3.63) is 53.1 Å². The van der Waals surface area contributed by atoms with E-state index in [4.69, 9.17) is 0 Å². The summed E-state index contributed by atoms with van der Waals surface area (Å²) in [5, 5.41) is 1.01. The van der Waals surface area contributed by atoms with Gasteiger partial charge in [-0.3, -0.25) is 13.3 Å². The van der Waals surface area contributed by atoms with Crippen LogP contribution in [-0.2, 0) is 21.5 Å². The minimum atomic E-state index is -2.61. The standard InChI is InChI=1S/C18H22FN2O3PS/c1-11-8-15(20-13(3)22)9-12(2)17(11)21(26(23)24)16-7-5-6-14(10-16)18(4,19)25/h5-10H,25H2,1-4H3,(H,20,22)(H,23,24)/p-1. The lowest BCUT2D eigenvalue weighted by molar-refractivity contribution is -0.114. The molecule has 1 N–H and O–H groups in total. The molecule has 3 atom stereocenters. The Morgan fingerprint density at radius 2 is 1.85 bits per heavy atom. The third-order valence-corrected chi connectivity index (χ3v) is 4.83. The largest absolute Gasteiger partial charge is 0.755 e. The van der Waals surface area contributed by atoms with Crippen molar-refractivity contribution in [2.75, 3.05) is 9.62 Å². The van der Waals surface area contributed by atoms with Gasteiger partial charge >= 0.3 is 0 Å². The van der Waals surface area contributed by atoms with Gasteiger partial charge in [0.15, 0.2) is 0 Å². The zero-order valence-corrected chi connectivity index (χ0v) is 17.0. The summed E-state index contributed by atoms with van der Waals surface area (Å²) in [7, 11) is 2.10. The van der Waals surface area contributed by atoms with Crippen LogP contribution in [0.15, 0.2) is 36.4 Å². The smallest absolute Gasteiger partial charge is 0.221 e.